The normalized spacial score (nSPS) is 23.6. The van der Waals surface area contributed by atoms with Crippen LogP contribution in [-0.2, 0) is 11.8 Å². The largest absolute Gasteiger partial charge is 0.383 e. The molecule has 0 saturated carbocycles. The van der Waals surface area contributed by atoms with Crippen LogP contribution in [0, 0.1) is 0 Å². The molecular weight excluding hydrogens is 202 g/mol. The van der Waals surface area contributed by atoms with E-state index in [-0.39, 0.29) is 11.4 Å². The molecule has 1 aliphatic heterocycles. The molecule has 0 amide bonds. The molecular formula is C11H19N5. The number of nitrogens with zero attached hydrogens (tertiary/aromatic N) is 2. The van der Waals surface area contributed by atoms with Crippen LogP contribution in [0.25, 0.3) is 0 Å². The van der Waals surface area contributed by atoms with Crippen LogP contribution >= 0.6 is 0 Å². The maximum Gasteiger partial charge on any atom is 0.222 e. The number of aromatic nitrogens is 2. The van der Waals surface area contributed by atoms with E-state index in [2.05, 4.69) is 36.1 Å². The minimum absolute atomic E-state index is 0.0797. The molecule has 0 fully saturated rings. The predicted octanol–water partition coefficient (Wildman–Crippen LogP) is 0.453. The molecule has 0 radical (unpaired) electrons. The SMILES string of the molecule is CC1NCCc2nc(N)nc(N)c2C1(C)C. The van der Waals surface area contributed by atoms with Crippen LogP contribution in [-0.4, -0.2) is 22.6 Å². The molecule has 1 aliphatic rings. The summed E-state index contributed by atoms with van der Waals surface area (Å²) in [4.78, 5) is 8.39. The highest BCUT2D eigenvalue weighted by molar-refractivity contribution is 5.51. The summed E-state index contributed by atoms with van der Waals surface area (Å²) in [5.74, 6) is 0.782. The number of fused-ring (bicyclic) bond motifs is 1. The lowest BCUT2D eigenvalue weighted by molar-refractivity contribution is 0.377. The zero-order valence-electron chi connectivity index (χ0n) is 10.0. The third kappa shape index (κ3) is 1.61. The highest BCUT2D eigenvalue weighted by Crippen LogP contribution is 2.34. The van der Waals surface area contributed by atoms with Gasteiger partial charge >= 0.3 is 0 Å². The van der Waals surface area contributed by atoms with Gasteiger partial charge in [0.1, 0.15) is 5.82 Å². The summed E-state index contributed by atoms with van der Waals surface area (Å²) in [6.07, 6.45) is 0.847. The molecule has 5 nitrogen and oxygen atoms in total. The number of nitrogens with one attached hydrogen (secondary N) is 1. The lowest BCUT2D eigenvalue weighted by Gasteiger charge is -2.32. The van der Waals surface area contributed by atoms with Gasteiger partial charge in [0.2, 0.25) is 5.95 Å². The van der Waals surface area contributed by atoms with Gasteiger partial charge in [-0.2, -0.15) is 4.98 Å². The highest BCUT2D eigenvalue weighted by atomic mass is 15.1. The van der Waals surface area contributed by atoms with Gasteiger partial charge in [-0.1, -0.05) is 13.8 Å². The number of hydrogen-bond donors (Lipinski definition) is 3. The molecule has 5 heteroatoms. The maximum absolute atomic E-state index is 5.99. The monoisotopic (exact) mass is 221 g/mol. The molecule has 88 valence electrons. The summed E-state index contributed by atoms with van der Waals surface area (Å²) in [5, 5.41) is 3.46. The second-order valence-electron chi connectivity index (χ2n) is 4.94. The summed E-state index contributed by atoms with van der Waals surface area (Å²) in [5.41, 5.74) is 13.6. The number of hydrogen-bond acceptors (Lipinski definition) is 5. The van der Waals surface area contributed by atoms with Crippen molar-refractivity contribution in [3.63, 3.8) is 0 Å². The van der Waals surface area contributed by atoms with E-state index in [0.29, 0.717) is 11.9 Å². The number of rotatable bonds is 0. The molecule has 0 aromatic carbocycles. The van der Waals surface area contributed by atoms with Crippen molar-refractivity contribution in [1.82, 2.24) is 15.3 Å². The van der Waals surface area contributed by atoms with Gasteiger partial charge < -0.3 is 16.8 Å². The molecule has 2 rings (SSSR count). The summed E-state index contributed by atoms with van der Waals surface area (Å²) < 4.78 is 0. The van der Waals surface area contributed by atoms with E-state index in [1.54, 1.807) is 0 Å². The first-order chi connectivity index (χ1) is 7.43. The third-order valence-corrected chi connectivity index (χ3v) is 3.57. The van der Waals surface area contributed by atoms with Gasteiger partial charge in [0.15, 0.2) is 0 Å². The zero-order chi connectivity index (χ0) is 11.9. The number of nitrogen functional groups attached to an aromatic ring is 2. The van der Waals surface area contributed by atoms with E-state index >= 15 is 0 Å². The molecule has 0 saturated heterocycles. The summed E-state index contributed by atoms with van der Waals surface area (Å²) in [7, 11) is 0. The van der Waals surface area contributed by atoms with Crippen molar-refractivity contribution in [3.8, 4) is 0 Å². The van der Waals surface area contributed by atoms with E-state index in [0.717, 1.165) is 24.2 Å². The summed E-state index contributed by atoms with van der Waals surface area (Å²) in [6.45, 7) is 7.37. The Morgan fingerprint density at radius 1 is 1.31 bits per heavy atom. The summed E-state index contributed by atoms with van der Waals surface area (Å²) in [6, 6.07) is 0.336. The highest BCUT2D eigenvalue weighted by Gasteiger charge is 2.35. The van der Waals surface area contributed by atoms with Gasteiger partial charge in [-0.05, 0) is 6.92 Å². The average molecular weight is 221 g/mol. The van der Waals surface area contributed by atoms with E-state index in [4.69, 9.17) is 11.5 Å². The van der Waals surface area contributed by atoms with Crippen LogP contribution in [0.15, 0.2) is 0 Å². The molecule has 1 aromatic heterocycles. The minimum atomic E-state index is -0.0797. The third-order valence-electron chi connectivity index (χ3n) is 3.57. The van der Waals surface area contributed by atoms with Gasteiger partial charge in [0, 0.05) is 30.0 Å². The average Bonchev–Trinajstić information content (AvgIpc) is 2.24. The standard InChI is InChI=1S/C11H19N5/c1-6-11(2,3)8-7(4-5-14-6)15-10(13)16-9(8)12/h6,14H,4-5H2,1-3H3,(H4,12,13,15,16). The Morgan fingerprint density at radius 3 is 2.69 bits per heavy atom. The van der Waals surface area contributed by atoms with Gasteiger partial charge in [-0.15, -0.1) is 0 Å². The van der Waals surface area contributed by atoms with Crippen molar-refractivity contribution in [2.45, 2.75) is 38.6 Å². The van der Waals surface area contributed by atoms with Gasteiger partial charge in [0.05, 0.1) is 5.69 Å². The molecule has 2 heterocycles. The van der Waals surface area contributed by atoms with Crippen molar-refractivity contribution >= 4 is 11.8 Å². The smallest absolute Gasteiger partial charge is 0.222 e. The van der Waals surface area contributed by atoms with Gasteiger partial charge in [0.25, 0.3) is 0 Å². The molecule has 1 unspecified atom stereocenters. The Morgan fingerprint density at radius 2 is 2.00 bits per heavy atom. The molecule has 16 heavy (non-hydrogen) atoms. The minimum Gasteiger partial charge on any atom is -0.383 e. The molecule has 0 aliphatic carbocycles. The fourth-order valence-electron chi connectivity index (χ4n) is 2.31. The molecule has 0 bridgehead atoms. The van der Waals surface area contributed by atoms with E-state index < -0.39 is 0 Å². The van der Waals surface area contributed by atoms with Crippen LogP contribution in [0.1, 0.15) is 32.0 Å². The van der Waals surface area contributed by atoms with Crippen LogP contribution < -0.4 is 16.8 Å². The Hall–Kier alpha value is -1.36. The van der Waals surface area contributed by atoms with Crippen LogP contribution in [0.3, 0.4) is 0 Å². The van der Waals surface area contributed by atoms with Crippen molar-refractivity contribution in [2.75, 3.05) is 18.0 Å². The first-order valence-electron chi connectivity index (χ1n) is 5.58. The van der Waals surface area contributed by atoms with E-state index in [1.807, 2.05) is 0 Å². The quantitative estimate of drug-likeness (QED) is 0.592. The molecule has 1 atom stereocenters. The second kappa shape index (κ2) is 3.59. The Bertz CT molecular complexity index is 413. The van der Waals surface area contributed by atoms with Crippen LogP contribution in [0.2, 0.25) is 0 Å². The Kier molecular flexibility index (Phi) is 2.50. The van der Waals surface area contributed by atoms with Crippen molar-refractivity contribution in [2.24, 2.45) is 0 Å². The zero-order valence-corrected chi connectivity index (χ0v) is 10.0. The predicted molar refractivity (Wildman–Crippen MR) is 65.1 cm³/mol. The fourth-order valence-corrected chi connectivity index (χ4v) is 2.31. The lowest BCUT2D eigenvalue weighted by Crippen LogP contribution is -2.41. The molecule has 5 N–H and O–H groups in total. The van der Waals surface area contributed by atoms with Crippen molar-refractivity contribution in [3.05, 3.63) is 11.3 Å². The van der Waals surface area contributed by atoms with E-state index in [9.17, 15) is 0 Å². The topological polar surface area (TPSA) is 89.8 Å². The first-order valence-corrected chi connectivity index (χ1v) is 5.58. The summed E-state index contributed by atoms with van der Waals surface area (Å²) >= 11 is 0. The number of nitrogens with two attached hydrogens (primary N) is 2. The molecule has 0 spiro atoms. The lowest BCUT2D eigenvalue weighted by atomic mass is 9.78. The Labute approximate surface area is 95.6 Å². The van der Waals surface area contributed by atoms with Crippen molar-refractivity contribution < 1.29 is 0 Å². The van der Waals surface area contributed by atoms with Crippen LogP contribution in [0.4, 0.5) is 11.8 Å². The Balaban J connectivity index is 2.64. The maximum atomic E-state index is 5.99. The van der Waals surface area contributed by atoms with Gasteiger partial charge in [-0.3, -0.25) is 0 Å². The van der Waals surface area contributed by atoms with E-state index in [1.165, 1.54) is 0 Å². The van der Waals surface area contributed by atoms with Gasteiger partial charge in [-0.25, -0.2) is 4.98 Å². The van der Waals surface area contributed by atoms with Crippen molar-refractivity contribution in [1.29, 1.82) is 0 Å². The second-order valence-corrected chi connectivity index (χ2v) is 4.94. The fraction of sp³-hybridized carbons (Fsp3) is 0.636. The first kappa shape index (κ1) is 11.1. The van der Waals surface area contributed by atoms with Crippen LogP contribution in [0.5, 0.6) is 0 Å². The molecule has 1 aromatic rings. The number of anilines is 2.